The summed E-state index contributed by atoms with van der Waals surface area (Å²) in [4.78, 5) is 8.63. The second kappa shape index (κ2) is 8.36. The third kappa shape index (κ3) is 4.35. The maximum absolute atomic E-state index is 6.16. The average Bonchev–Trinajstić information content (AvgIpc) is 2.56. The fraction of sp³-hybridized carbons (Fsp3) is 0.188. The van der Waals surface area contributed by atoms with Crippen molar-refractivity contribution in [3.63, 3.8) is 0 Å². The number of hydrogen-bond acceptors (Lipinski definition) is 3. The van der Waals surface area contributed by atoms with Gasteiger partial charge in [-0.25, -0.2) is 4.99 Å². The lowest BCUT2D eigenvalue weighted by Gasteiger charge is -2.19. The van der Waals surface area contributed by atoms with Crippen molar-refractivity contribution in [2.24, 2.45) is 10.7 Å². The van der Waals surface area contributed by atoms with Gasteiger partial charge in [-0.1, -0.05) is 18.2 Å². The fourth-order valence-corrected chi connectivity index (χ4v) is 3.24. The average molecular weight is 352 g/mol. The first-order valence-corrected chi connectivity index (χ1v) is 9.40. The Morgan fingerprint density at radius 3 is 2.73 bits per heavy atom. The summed E-state index contributed by atoms with van der Waals surface area (Å²) in [5.41, 5.74) is 8.01. The number of alkyl halides is 1. The molecule has 0 saturated carbocycles. The zero-order valence-corrected chi connectivity index (χ0v) is 14.9. The van der Waals surface area contributed by atoms with E-state index in [9.17, 15) is 0 Å². The van der Waals surface area contributed by atoms with Crippen molar-refractivity contribution in [2.75, 3.05) is 23.4 Å². The number of benzene rings is 2. The van der Waals surface area contributed by atoms with Crippen LogP contribution in [0, 0.1) is 0 Å². The molecule has 0 spiro atoms. The van der Waals surface area contributed by atoms with E-state index < -0.39 is 0 Å². The van der Waals surface area contributed by atoms with Gasteiger partial charge in [-0.2, -0.15) is 0 Å². The van der Waals surface area contributed by atoms with E-state index >= 15 is 0 Å². The van der Waals surface area contributed by atoms with Crippen molar-refractivity contribution in [1.82, 2.24) is 0 Å². The van der Waals surface area contributed by atoms with Crippen molar-refractivity contribution in [2.45, 2.75) is 9.79 Å². The van der Waals surface area contributed by atoms with Gasteiger partial charge in [0.25, 0.3) is 0 Å². The SMILES string of the molecule is CSc1cccc(N(C)C(N)=Nc2ccccc2SCCl)c1. The first kappa shape index (κ1) is 17.1. The zero-order valence-electron chi connectivity index (χ0n) is 12.5. The Bertz CT molecular complexity index is 661. The fourth-order valence-electron chi connectivity index (χ4n) is 1.88. The van der Waals surface area contributed by atoms with Crippen LogP contribution in [0.3, 0.4) is 0 Å². The molecule has 2 rings (SSSR count). The normalized spacial score (nSPS) is 11.5. The van der Waals surface area contributed by atoms with Crippen LogP contribution in [0.2, 0.25) is 0 Å². The lowest BCUT2D eigenvalue weighted by molar-refractivity contribution is 1.20. The number of hydrogen-bond donors (Lipinski definition) is 1. The van der Waals surface area contributed by atoms with Gasteiger partial charge in [-0.15, -0.1) is 35.1 Å². The number of aliphatic imine (C=N–C) groups is 1. The Morgan fingerprint density at radius 1 is 1.23 bits per heavy atom. The van der Waals surface area contributed by atoms with E-state index in [4.69, 9.17) is 17.3 Å². The molecule has 3 nitrogen and oxygen atoms in total. The van der Waals surface area contributed by atoms with Crippen LogP contribution < -0.4 is 10.6 Å². The van der Waals surface area contributed by atoms with Gasteiger partial charge < -0.3 is 10.6 Å². The minimum atomic E-state index is 0.445. The monoisotopic (exact) mass is 351 g/mol. The van der Waals surface area contributed by atoms with Crippen molar-refractivity contribution in [3.05, 3.63) is 48.5 Å². The van der Waals surface area contributed by atoms with Gasteiger partial charge in [0, 0.05) is 22.5 Å². The Labute approximate surface area is 144 Å². The first-order valence-electron chi connectivity index (χ1n) is 6.65. The highest BCUT2D eigenvalue weighted by Gasteiger charge is 2.08. The molecule has 0 saturated heterocycles. The maximum Gasteiger partial charge on any atom is 0.200 e. The number of halogens is 1. The molecular weight excluding hydrogens is 334 g/mol. The third-order valence-electron chi connectivity index (χ3n) is 3.09. The first-order chi connectivity index (χ1) is 10.7. The van der Waals surface area contributed by atoms with E-state index in [0.717, 1.165) is 16.3 Å². The van der Waals surface area contributed by atoms with Crippen molar-refractivity contribution < 1.29 is 0 Å². The lowest BCUT2D eigenvalue weighted by atomic mass is 10.3. The molecule has 2 aromatic rings. The number of anilines is 1. The minimum absolute atomic E-state index is 0.445. The highest BCUT2D eigenvalue weighted by molar-refractivity contribution is 8.00. The molecule has 2 N–H and O–H groups in total. The largest absolute Gasteiger partial charge is 0.369 e. The van der Waals surface area contributed by atoms with Crippen molar-refractivity contribution >= 4 is 52.5 Å². The van der Waals surface area contributed by atoms with Crippen LogP contribution in [0.15, 0.2) is 63.3 Å². The van der Waals surface area contributed by atoms with Crippen molar-refractivity contribution in [1.29, 1.82) is 0 Å². The van der Waals surface area contributed by atoms with Crippen LogP contribution in [-0.4, -0.2) is 24.5 Å². The van der Waals surface area contributed by atoms with Crippen LogP contribution in [0.5, 0.6) is 0 Å². The summed E-state index contributed by atoms with van der Waals surface area (Å²) >= 11 is 9.05. The number of thioether (sulfide) groups is 2. The van der Waals surface area contributed by atoms with Gasteiger partial charge >= 0.3 is 0 Å². The highest BCUT2D eigenvalue weighted by Crippen LogP contribution is 2.30. The topological polar surface area (TPSA) is 41.6 Å². The van der Waals surface area contributed by atoms with E-state index in [0.29, 0.717) is 11.2 Å². The zero-order chi connectivity index (χ0) is 15.9. The molecule has 6 heteroatoms. The van der Waals surface area contributed by atoms with Crippen LogP contribution in [0.25, 0.3) is 0 Å². The van der Waals surface area contributed by atoms with Crippen LogP contribution >= 0.6 is 35.1 Å². The quantitative estimate of drug-likeness (QED) is 0.364. The molecule has 116 valence electrons. The Hall–Kier alpha value is -1.30. The van der Waals surface area contributed by atoms with Crippen LogP contribution in [0.4, 0.5) is 11.4 Å². The van der Waals surface area contributed by atoms with E-state index in [1.165, 1.54) is 16.7 Å². The molecule has 0 aliphatic carbocycles. The number of para-hydroxylation sites is 1. The van der Waals surface area contributed by atoms with E-state index in [2.05, 4.69) is 23.4 Å². The van der Waals surface area contributed by atoms with Crippen LogP contribution in [-0.2, 0) is 0 Å². The summed E-state index contributed by atoms with van der Waals surface area (Å²) in [6, 6.07) is 16.0. The van der Waals surface area contributed by atoms with Gasteiger partial charge in [-0.05, 0) is 36.6 Å². The molecule has 0 aromatic heterocycles. The minimum Gasteiger partial charge on any atom is -0.369 e. The van der Waals surface area contributed by atoms with Crippen LogP contribution in [0.1, 0.15) is 0 Å². The predicted molar refractivity (Wildman–Crippen MR) is 101 cm³/mol. The number of nitrogens with zero attached hydrogens (tertiary/aromatic N) is 2. The second-order valence-electron chi connectivity index (χ2n) is 4.45. The van der Waals surface area contributed by atoms with Gasteiger partial charge in [0.2, 0.25) is 5.96 Å². The number of guanidine groups is 1. The molecule has 0 aliphatic heterocycles. The molecule has 0 heterocycles. The molecule has 0 aliphatic rings. The summed E-state index contributed by atoms with van der Waals surface area (Å²) in [5, 5.41) is 0.484. The lowest BCUT2D eigenvalue weighted by Crippen LogP contribution is -2.33. The Kier molecular flexibility index (Phi) is 6.49. The molecule has 0 bridgehead atoms. The molecule has 0 fully saturated rings. The highest BCUT2D eigenvalue weighted by atomic mass is 35.5. The van der Waals surface area contributed by atoms with Crippen molar-refractivity contribution in [3.8, 4) is 0 Å². The van der Waals surface area contributed by atoms with Gasteiger partial charge in [0.15, 0.2) is 0 Å². The molecule has 0 atom stereocenters. The molecule has 2 aromatic carbocycles. The van der Waals surface area contributed by atoms with Gasteiger partial charge in [0.05, 0.1) is 10.9 Å². The molecule has 0 unspecified atom stereocenters. The third-order valence-corrected chi connectivity index (χ3v) is 4.91. The summed E-state index contributed by atoms with van der Waals surface area (Å²) in [5.74, 6) is 0.445. The van der Waals surface area contributed by atoms with E-state index in [1.54, 1.807) is 11.8 Å². The number of rotatable bonds is 5. The summed E-state index contributed by atoms with van der Waals surface area (Å²) in [6.45, 7) is 0. The smallest absolute Gasteiger partial charge is 0.200 e. The molecular formula is C16H18ClN3S2. The van der Waals surface area contributed by atoms with E-state index in [1.807, 2.05) is 48.3 Å². The molecule has 0 radical (unpaired) electrons. The van der Waals surface area contributed by atoms with Gasteiger partial charge in [0.1, 0.15) is 0 Å². The molecule has 0 amide bonds. The predicted octanol–water partition coefficient (Wildman–Crippen LogP) is 4.78. The maximum atomic E-state index is 6.16. The standard InChI is InChI=1S/C16H18ClN3S2/c1-20(12-6-5-7-13(10-12)21-2)16(18)19-14-8-3-4-9-15(14)22-11-17/h3-10H,11H2,1-2H3,(H2,18,19). The summed E-state index contributed by atoms with van der Waals surface area (Å²) in [7, 11) is 1.91. The number of nitrogens with two attached hydrogens (primary N) is 1. The second-order valence-corrected chi connectivity index (χ2v) is 6.93. The Balaban J connectivity index is 2.28. The summed E-state index contributed by atoms with van der Waals surface area (Å²) in [6.07, 6.45) is 2.05. The summed E-state index contributed by atoms with van der Waals surface area (Å²) < 4.78 is 0. The Morgan fingerprint density at radius 2 is 2.00 bits per heavy atom. The van der Waals surface area contributed by atoms with Gasteiger partial charge in [-0.3, -0.25) is 0 Å². The molecule has 22 heavy (non-hydrogen) atoms. The van der Waals surface area contributed by atoms with E-state index in [-0.39, 0.29) is 0 Å².